The zero-order valence-electron chi connectivity index (χ0n) is 14.8. The van der Waals surface area contributed by atoms with Gasteiger partial charge in [0.2, 0.25) is 5.91 Å². The molecule has 0 aliphatic carbocycles. The van der Waals surface area contributed by atoms with Gasteiger partial charge < -0.3 is 15.0 Å². The van der Waals surface area contributed by atoms with Crippen LogP contribution in [-0.4, -0.2) is 53.6 Å². The van der Waals surface area contributed by atoms with Crippen molar-refractivity contribution in [2.45, 2.75) is 0 Å². The molecule has 1 amide bonds. The summed E-state index contributed by atoms with van der Waals surface area (Å²) in [4.78, 5) is 34.4. The highest BCUT2D eigenvalue weighted by Crippen LogP contribution is 2.25. The third-order valence-electron chi connectivity index (χ3n) is 4.53. The molecule has 7 heteroatoms. The normalized spacial score (nSPS) is 15.0. The predicted octanol–water partition coefficient (Wildman–Crippen LogP) is 1.86. The van der Waals surface area contributed by atoms with Crippen molar-refractivity contribution in [3.8, 4) is 11.3 Å². The Morgan fingerprint density at radius 2 is 1.85 bits per heavy atom. The van der Waals surface area contributed by atoms with Crippen molar-refractivity contribution in [1.82, 2.24) is 14.9 Å². The molecule has 1 aliphatic heterocycles. The van der Waals surface area contributed by atoms with Crippen LogP contribution < -0.4 is 10.9 Å². The molecule has 2 heterocycles. The fraction of sp³-hybridized carbons (Fsp3) is 0.250. The van der Waals surface area contributed by atoms with E-state index in [2.05, 4.69) is 15.3 Å². The number of morpholine rings is 1. The molecule has 2 N–H and O–H groups in total. The van der Waals surface area contributed by atoms with Gasteiger partial charge in [0, 0.05) is 18.7 Å². The van der Waals surface area contributed by atoms with Crippen molar-refractivity contribution >= 4 is 22.6 Å². The number of carbonyl (C=O) groups is 1. The first-order valence-corrected chi connectivity index (χ1v) is 8.89. The number of ether oxygens (including phenoxy) is 1. The molecule has 0 atom stereocenters. The van der Waals surface area contributed by atoms with Crippen LogP contribution in [-0.2, 0) is 9.53 Å². The molecule has 3 aromatic rings. The van der Waals surface area contributed by atoms with E-state index in [-0.39, 0.29) is 17.2 Å². The molecule has 0 radical (unpaired) electrons. The van der Waals surface area contributed by atoms with Crippen LogP contribution in [0.2, 0.25) is 0 Å². The number of hydrogen-bond acceptors (Lipinski definition) is 5. The van der Waals surface area contributed by atoms with Crippen LogP contribution in [0.1, 0.15) is 0 Å². The van der Waals surface area contributed by atoms with Crippen LogP contribution in [0.4, 0.5) is 5.69 Å². The highest BCUT2D eigenvalue weighted by molar-refractivity contribution is 5.96. The summed E-state index contributed by atoms with van der Waals surface area (Å²) in [7, 11) is 0. The highest BCUT2D eigenvalue weighted by atomic mass is 16.5. The Bertz CT molecular complexity index is 1020. The van der Waals surface area contributed by atoms with Crippen LogP contribution >= 0.6 is 0 Å². The quantitative estimate of drug-likeness (QED) is 0.738. The Morgan fingerprint density at radius 3 is 2.70 bits per heavy atom. The van der Waals surface area contributed by atoms with Gasteiger partial charge in [0.05, 0.1) is 36.5 Å². The van der Waals surface area contributed by atoms with Crippen LogP contribution in [0, 0.1) is 0 Å². The number of nitrogens with one attached hydrogen (secondary N) is 2. The molecule has 2 aromatic carbocycles. The fourth-order valence-corrected chi connectivity index (χ4v) is 3.16. The van der Waals surface area contributed by atoms with Gasteiger partial charge in [-0.3, -0.25) is 14.5 Å². The van der Waals surface area contributed by atoms with E-state index in [4.69, 9.17) is 4.74 Å². The third-order valence-corrected chi connectivity index (χ3v) is 4.53. The molecule has 1 saturated heterocycles. The first-order chi connectivity index (χ1) is 13.2. The maximum atomic E-state index is 12.5. The van der Waals surface area contributed by atoms with E-state index in [1.165, 1.54) is 0 Å². The Kier molecular flexibility index (Phi) is 4.95. The van der Waals surface area contributed by atoms with E-state index in [1.807, 2.05) is 41.3 Å². The Balaban J connectivity index is 1.62. The van der Waals surface area contributed by atoms with E-state index in [9.17, 15) is 9.59 Å². The second kappa shape index (κ2) is 7.69. The molecule has 0 bridgehead atoms. The summed E-state index contributed by atoms with van der Waals surface area (Å²) in [6.45, 7) is 3.04. The largest absolute Gasteiger partial charge is 0.379 e. The minimum absolute atomic E-state index is 0.124. The second-order valence-corrected chi connectivity index (χ2v) is 6.41. The fourth-order valence-electron chi connectivity index (χ4n) is 3.16. The summed E-state index contributed by atoms with van der Waals surface area (Å²) in [6.07, 6.45) is 0. The van der Waals surface area contributed by atoms with E-state index in [1.54, 1.807) is 12.1 Å². The maximum absolute atomic E-state index is 12.5. The SMILES string of the molecule is O=C(CN1CCOCC1)Nc1ccccc1-c1nc2ccccc2[nH]c1=O. The van der Waals surface area contributed by atoms with Gasteiger partial charge in [0.1, 0.15) is 5.69 Å². The van der Waals surface area contributed by atoms with Gasteiger partial charge in [-0.05, 0) is 18.2 Å². The second-order valence-electron chi connectivity index (χ2n) is 6.41. The molecule has 0 spiro atoms. The van der Waals surface area contributed by atoms with Gasteiger partial charge in [0.15, 0.2) is 0 Å². The molecule has 0 saturated carbocycles. The molecule has 4 rings (SSSR count). The molecular weight excluding hydrogens is 344 g/mol. The van der Waals surface area contributed by atoms with Gasteiger partial charge >= 0.3 is 0 Å². The highest BCUT2D eigenvalue weighted by Gasteiger charge is 2.17. The lowest BCUT2D eigenvalue weighted by Crippen LogP contribution is -2.41. The van der Waals surface area contributed by atoms with E-state index in [0.717, 1.165) is 13.1 Å². The smallest absolute Gasteiger partial charge is 0.275 e. The molecule has 27 heavy (non-hydrogen) atoms. The van der Waals surface area contributed by atoms with E-state index in [0.29, 0.717) is 42.0 Å². The molecule has 1 aromatic heterocycles. The van der Waals surface area contributed by atoms with Gasteiger partial charge in [0.25, 0.3) is 5.56 Å². The molecule has 1 aliphatic rings. The predicted molar refractivity (Wildman–Crippen MR) is 104 cm³/mol. The number of benzene rings is 2. The minimum Gasteiger partial charge on any atom is -0.379 e. The molecule has 0 unspecified atom stereocenters. The topological polar surface area (TPSA) is 87.3 Å². The van der Waals surface area contributed by atoms with E-state index < -0.39 is 0 Å². The van der Waals surface area contributed by atoms with Crippen LogP contribution in [0.25, 0.3) is 22.3 Å². The number of H-pyrrole nitrogens is 1. The minimum atomic E-state index is -0.288. The summed E-state index contributed by atoms with van der Waals surface area (Å²) < 4.78 is 5.30. The zero-order valence-corrected chi connectivity index (χ0v) is 14.8. The Labute approximate surface area is 156 Å². The number of hydrogen-bond donors (Lipinski definition) is 2. The summed E-state index contributed by atoms with van der Waals surface area (Å²) in [5.41, 5.74) is 2.55. The van der Waals surface area contributed by atoms with Gasteiger partial charge in [-0.15, -0.1) is 0 Å². The van der Waals surface area contributed by atoms with Crippen molar-refractivity contribution < 1.29 is 9.53 Å². The first-order valence-electron chi connectivity index (χ1n) is 8.89. The van der Waals surface area contributed by atoms with Crippen molar-refractivity contribution in [1.29, 1.82) is 0 Å². The van der Waals surface area contributed by atoms with Crippen molar-refractivity contribution in [3.05, 3.63) is 58.9 Å². The number of para-hydroxylation sites is 3. The first kappa shape index (κ1) is 17.4. The number of aromatic nitrogens is 2. The molecule has 138 valence electrons. The van der Waals surface area contributed by atoms with Crippen LogP contribution in [0.5, 0.6) is 0 Å². The summed E-state index contributed by atoms with van der Waals surface area (Å²) in [5.74, 6) is -0.124. The van der Waals surface area contributed by atoms with E-state index >= 15 is 0 Å². The number of rotatable bonds is 4. The average Bonchev–Trinajstić information content (AvgIpc) is 2.69. The van der Waals surface area contributed by atoms with Gasteiger partial charge in [-0.1, -0.05) is 30.3 Å². The van der Waals surface area contributed by atoms with Crippen molar-refractivity contribution in [2.75, 3.05) is 38.2 Å². The summed E-state index contributed by atoms with van der Waals surface area (Å²) in [5, 5.41) is 2.92. The van der Waals surface area contributed by atoms with Crippen molar-refractivity contribution in [3.63, 3.8) is 0 Å². The van der Waals surface area contributed by atoms with Crippen LogP contribution in [0.3, 0.4) is 0 Å². The third kappa shape index (κ3) is 3.89. The molecular formula is C20H20N4O3. The summed E-state index contributed by atoms with van der Waals surface area (Å²) >= 11 is 0. The lowest BCUT2D eigenvalue weighted by atomic mass is 10.1. The lowest BCUT2D eigenvalue weighted by Gasteiger charge is -2.25. The van der Waals surface area contributed by atoms with Crippen LogP contribution in [0.15, 0.2) is 53.3 Å². The van der Waals surface area contributed by atoms with Gasteiger partial charge in [-0.2, -0.15) is 0 Å². The summed E-state index contributed by atoms with van der Waals surface area (Å²) in [6, 6.07) is 14.6. The standard InChI is InChI=1S/C20H20N4O3/c25-18(13-24-9-11-27-12-10-24)21-15-6-2-1-5-14(15)19-20(26)23-17-8-4-3-7-16(17)22-19/h1-8H,9-13H2,(H,21,25)(H,23,26). The number of fused-ring (bicyclic) bond motifs is 1. The maximum Gasteiger partial charge on any atom is 0.275 e. The lowest BCUT2D eigenvalue weighted by molar-refractivity contribution is -0.118. The number of anilines is 1. The average molecular weight is 364 g/mol. The van der Waals surface area contributed by atoms with Gasteiger partial charge in [-0.25, -0.2) is 4.98 Å². The molecule has 1 fully saturated rings. The molecule has 7 nitrogen and oxygen atoms in total. The monoisotopic (exact) mass is 364 g/mol. The number of amides is 1. The Morgan fingerprint density at radius 1 is 1.11 bits per heavy atom. The number of carbonyl (C=O) groups excluding carboxylic acids is 1. The number of nitrogens with zero attached hydrogens (tertiary/aromatic N) is 2. The van der Waals surface area contributed by atoms with Crippen molar-refractivity contribution in [2.24, 2.45) is 0 Å². The Hall–Kier alpha value is -3.03. The zero-order chi connectivity index (χ0) is 18.6. The number of aromatic amines is 1.